The zero-order valence-electron chi connectivity index (χ0n) is 10.2. The maximum atomic E-state index is 13.3. The molecule has 2 nitrogen and oxygen atoms in total. The second-order valence-electron chi connectivity index (χ2n) is 4.18. The van der Waals surface area contributed by atoms with Crippen molar-refractivity contribution in [2.45, 2.75) is 13.0 Å². The third kappa shape index (κ3) is 3.52. The molecule has 0 aliphatic carbocycles. The number of rotatable bonds is 3. The van der Waals surface area contributed by atoms with Crippen LogP contribution in [0.2, 0.25) is 0 Å². The summed E-state index contributed by atoms with van der Waals surface area (Å²) in [4.78, 5) is 0. The largest absolute Gasteiger partial charge is 0.457 e. The van der Waals surface area contributed by atoms with Crippen LogP contribution in [0.5, 0.6) is 11.5 Å². The summed E-state index contributed by atoms with van der Waals surface area (Å²) in [6.07, 6.45) is 0. The molecule has 0 heterocycles. The molecule has 2 N–H and O–H groups in total. The highest BCUT2D eigenvalue weighted by Gasteiger charge is 2.11. The molecule has 0 aromatic heterocycles. The van der Waals surface area contributed by atoms with Gasteiger partial charge in [0.15, 0.2) is 0 Å². The van der Waals surface area contributed by atoms with Crippen molar-refractivity contribution in [3.8, 4) is 11.5 Å². The predicted molar refractivity (Wildman–Crippen MR) is 73.2 cm³/mol. The number of halogens is 3. The third-order valence-electron chi connectivity index (χ3n) is 2.53. The van der Waals surface area contributed by atoms with E-state index >= 15 is 0 Å². The summed E-state index contributed by atoms with van der Waals surface area (Å²) in [6, 6.07) is 7.87. The second-order valence-corrected chi connectivity index (χ2v) is 5.09. The van der Waals surface area contributed by atoms with E-state index in [9.17, 15) is 8.78 Å². The minimum atomic E-state index is -0.422. The molecule has 0 amide bonds. The number of hydrogen-bond donors (Lipinski definition) is 1. The third-order valence-corrected chi connectivity index (χ3v) is 2.98. The zero-order valence-corrected chi connectivity index (χ0v) is 11.7. The Bertz CT molecular complexity index is 582. The maximum Gasteiger partial charge on any atom is 0.132 e. The molecule has 0 aliphatic heterocycles. The summed E-state index contributed by atoms with van der Waals surface area (Å²) in [5.74, 6) is -0.0804. The van der Waals surface area contributed by atoms with Crippen LogP contribution in [-0.4, -0.2) is 0 Å². The fourth-order valence-electron chi connectivity index (χ4n) is 1.68. The Morgan fingerprint density at radius 3 is 2.47 bits per heavy atom. The van der Waals surface area contributed by atoms with E-state index in [0.29, 0.717) is 21.5 Å². The lowest BCUT2D eigenvalue weighted by Crippen LogP contribution is -2.07. The summed E-state index contributed by atoms with van der Waals surface area (Å²) in [5, 5.41) is 0. The van der Waals surface area contributed by atoms with E-state index in [1.807, 2.05) is 0 Å². The molecule has 0 spiro atoms. The summed E-state index contributed by atoms with van der Waals surface area (Å²) < 4.78 is 32.6. The van der Waals surface area contributed by atoms with Gasteiger partial charge in [-0.2, -0.15) is 0 Å². The van der Waals surface area contributed by atoms with Gasteiger partial charge in [0.2, 0.25) is 0 Å². The standard InChI is InChI=1S/C14H12BrF2NO/c1-8(18)13-7-10(16)2-3-14(13)19-12-5-9(15)4-11(17)6-12/h2-8H,18H2,1H3/t8-/m1/s1. The van der Waals surface area contributed by atoms with Gasteiger partial charge in [0.25, 0.3) is 0 Å². The Hall–Kier alpha value is -1.46. The van der Waals surface area contributed by atoms with Crippen molar-refractivity contribution in [2.75, 3.05) is 0 Å². The molecule has 5 heteroatoms. The lowest BCUT2D eigenvalue weighted by Gasteiger charge is -2.14. The average molecular weight is 328 g/mol. The van der Waals surface area contributed by atoms with E-state index < -0.39 is 5.82 Å². The quantitative estimate of drug-likeness (QED) is 0.898. The van der Waals surface area contributed by atoms with Gasteiger partial charge in [0, 0.05) is 22.1 Å². The van der Waals surface area contributed by atoms with Crippen LogP contribution < -0.4 is 10.5 Å². The van der Waals surface area contributed by atoms with Crippen LogP contribution in [0.3, 0.4) is 0 Å². The van der Waals surface area contributed by atoms with Crippen LogP contribution in [-0.2, 0) is 0 Å². The molecular weight excluding hydrogens is 316 g/mol. The van der Waals surface area contributed by atoms with Crippen molar-refractivity contribution in [3.05, 3.63) is 58.1 Å². The molecule has 0 fully saturated rings. The zero-order chi connectivity index (χ0) is 14.0. The van der Waals surface area contributed by atoms with Gasteiger partial charge in [0.1, 0.15) is 23.1 Å². The van der Waals surface area contributed by atoms with Crippen molar-refractivity contribution in [1.82, 2.24) is 0 Å². The molecule has 0 radical (unpaired) electrons. The summed E-state index contributed by atoms with van der Waals surface area (Å²) in [7, 11) is 0. The van der Waals surface area contributed by atoms with Gasteiger partial charge < -0.3 is 10.5 Å². The number of nitrogens with two attached hydrogens (primary N) is 1. The van der Waals surface area contributed by atoms with Gasteiger partial charge >= 0.3 is 0 Å². The summed E-state index contributed by atoms with van der Waals surface area (Å²) in [5.41, 5.74) is 6.29. The van der Waals surface area contributed by atoms with Gasteiger partial charge in [-0.3, -0.25) is 0 Å². The monoisotopic (exact) mass is 327 g/mol. The Morgan fingerprint density at radius 1 is 1.11 bits per heavy atom. The van der Waals surface area contributed by atoms with Crippen LogP contribution in [0.25, 0.3) is 0 Å². The van der Waals surface area contributed by atoms with Crippen LogP contribution in [0.15, 0.2) is 40.9 Å². The molecule has 2 aromatic rings. The van der Waals surface area contributed by atoms with E-state index in [4.69, 9.17) is 10.5 Å². The minimum absolute atomic E-state index is 0.320. The molecule has 0 aliphatic rings. The Kier molecular flexibility index (Phi) is 4.17. The van der Waals surface area contributed by atoms with Crippen molar-refractivity contribution in [2.24, 2.45) is 5.73 Å². The number of benzene rings is 2. The van der Waals surface area contributed by atoms with Crippen molar-refractivity contribution < 1.29 is 13.5 Å². The molecule has 2 rings (SSSR count). The van der Waals surface area contributed by atoms with Crippen LogP contribution in [0.4, 0.5) is 8.78 Å². The van der Waals surface area contributed by atoms with E-state index in [0.717, 1.165) is 0 Å². The Labute approximate surface area is 118 Å². The SMILES string of the molecule is C[C@@H](N)c1cc(F)ccc1Oc1cc(F)cc(Br)c1. The molecule has 0 saturated carbocycles. The molecule has 0 bridgehead atoms. The Balaban J connectivity index is 2.37. The molecular formula is C14H12BrF2NO. The number of hydrogen-bond acceptors (Lipinski definition) is 2. The van der Waals surface area contributed by atoms with Gasteiger partial charge in [-0.15, -0.1) is 0 Å². The molecule has 19 heavy (non-hydrogen) atoms. The van der Waals surface area contributed by atoms with Gasteiger partial charge in [0.05, 0.1) is 0 Å². The smallest absolute Gasteiger partial charge is 0.132 e. The van der Waals surface area contributed by atoms with Crippen LogP contribution >= 0.6 is 15.9 Å². The summed E-state index contributed by atoms with van der Waals surface area (Å²) >= 11 is 3.18. The van der Waals surface area contributed by atoms with Crippen LogP contribution in [0, 0.1) is 11.6 Å². The van der Waals surface area contributed by atoms with Gasteiger partial charge in [-0.05, 0) is 37.3 Å². The first-order valence-electron chi connectivity index (χ1n) is 5.64. The predicted octanol–water partition coefficient (Wildman–Crippen LogP) is 4.54. The van der Waals surface area contributed by atoms with E-state index in [-0.39, 0.29) is 11.9 Å². The van der Waals surface area contributed by atoms with Crippen molar-refractivity contribution in [1.29, 1.82) is 0 Å². The lowest BCUT2D eigenvalue weighted by molar-refractivity contribution is 0.464. The normalized spacial score (nSPS) is 12.3. The Morgan fingerprint density at radius 2 is 1.84 bits per heavy atom. The average Bonchev–Trinajstić information content (AvgIpc) is 2.30. The highest BCUT2D eigenvalue weighted by molar-refractivity contribution is 9.10. The lowest BCUT2D eigenvalue weighted by atomic mass is 10.1. The summed E-state index contributed by atoms with van der Waals surface area (Å²) in [6.45, 7) is 1.73. The second kappa shape index (κ2) is 5.67. The highest BCUT2D eigenvalue weighted by Crippen LogP contribution is 2.31. The molecule has 2 aromatic carbocycles. The van der Waals surface area contributed by atoms with E-state index in [2.05, 4.69) is 15.9 Å². The van der Waals surface area contributed by atoms with E-state index in [1.54, 1.807) is 13.0 Å². The first-order valence-corrected chi connectivity index (χ1v) is 6.44. The van der Waals surface area contributed by atoms with Crippen molar-refractivity contribution >= 4 is 15.9 Å². The van der Waals surface area contributed by atoms with Crippen LogP contribution in [0.1, 0.15) is 18.5 Å². The van der Waals surface area contributed by atoms with Gasteiger partial charge in [-0.1, -0.05) is 15.9 Å². The highest BCUT2D eigenvalue weighted by atomic mass is 79.9. The van der Waals surface area contributed by atoms with Gasteiger partial charge in [-0.25, -0.2) is 8.78 Å². The maximum absolute atomic E-state index is 13.3. The number of ether oxygens (including phenoxy) is 1. The molecule has 0 unspecified atom stereocenters. The van der Waals surface area contributed by atoms with Crippen molar-refractivity contribution in [3.63, 3.8) is 0 Å². The molecule has 1 atom stereocenters. The fourth-order valence-corrected chi connectivity index (χ4v) is 2.13. The molecule has 0 saturated heterocycles. The first kappa shape index (κ1) is 14.0. The fraction of sp³-hybridized carbons (Fsp3) is 0.143. The first-order chi connectivity index (χ1) is 8.95. The minimum Gasteiger partial charge on any atom is -0.457 e. The molecule has 100 valence electrons. The van der Waals surface area contributed by atoms with E-state index in [1.165, 1.54) is 30.3 Å². The topological polar surface area (TPSA) is 35.2 Å².